The van der Waals surface area contributed by atoms with Crippen LogP contribution in [0.5, 0.6) is 0 Å². The number of amides is 1. The molecule has 3 rings (SSSR count). The third kappa shape index (κ3) is 2.65. The fourth-order valence-corrected chi connectivity index (χ4v) is 3.47. The molecular formula is C16H25N3O3. The van der Waals surface area contributed by atoms with E-state index in [1.54, 1.807) is 4.68 Å². The van der Waals surface area contributed by atoms with Crippen molar-refractivity contribution in [2.24, 2.45) is 7.05 Å². The number of carbonyl (C=O) groups is 1. The van der Waals surface area contributed by atoms with Gasteiger partial charge in [0.15, 0.2) is 0 Å². The van der Waals surface area contributed by atoms with Gasteiger partial charge in [0, 0.05) is 32.1 Å². The van der Waals surface area contributed by atoms with E-state index in [2.05, 4.69) is 5.10 Å². The van der Waals surface area contributed by atoms with Crippen LogP contribution in [0.2, 0.25) is 0 Å². The molecule has 2 aliphatic heterocycles. The molecule has 1 fully saturated rings. The van der Waals surface area contributed by atoms with Gasteiger partial charge in [0.05, 0.1) is 30.1 Å². The molecule has 22 heavy (non-hydrogen) atoms. The van der Waals surface area contributed by atoms with E-state index < -0.39 is 0 Å². The number of aryl methyl sites for hydroxylation is 1. The highest BCUT2D eigenvalue weighted by Gasteiger charge is 2.36. The number of morpholine rings is 1. The Hall–Kier alpha value is -1.40. The predicted octanol–water partition coefficient (Wildman–Crippen LogP) is 1.69. The lowest BCUT2D eigenvalue weighted by atomic mass is 9.98. The Kier molecular flexibility index (Phi) is 3.77. The van der Waals surface area contributed by atoms with Gasteiger partial charge in [0.25, 0.3) is 5.91 Å². The van der Waals surface area contributed by atoms with E-state index in [1.807, 2.05) is 39.6 Å². The molecule has 2 aliphatic rings. The second-order valence-electron chi connectivity index (χ2n) is 6.96. The smallest absolute Gasteiger partial charge is 0.272 e. The average Bonchev–Trinajstić information content (AvgIpc) is 2.73. The van der Waals surface area contributed by atoms with Crippen LogP contribution in [0.25, 0.3) is 0 Å². The van der Waals surface area contributed by atoms with Gasteiger partial charge in [-0.3, -0.25) is 9.48 Å². The van der Waals surface area contributed by atoms with E-state index >= 15 is 0 Å². The van der Waals surface area contributed by atoms with Crippen LogP contribution < -0.4 is 0 Å². The number of hydrogen-bond acceptors (Lipinski definition) is 4. The van der Waals surface area contributed by atoms with Crippen LogP contribution in [-0.2, 0) is 22.9 Å². The van der Waals surface area contributed by atoms with E-state index in [-0.39, 0.29) is 23.7 Å². The minimum atomic E-state index is -0.295. The fraction of sp³-hybridized carbons (Fsp3) is 0.750. The molecule has 1 aromatic rings. The quantitative estimate of drug-likeness (QED) is 0.792. The van der Waals surface area contributed by atoms with E-state index in [0.717, 1.165) is 17.7 Å². The van der Waals surface area contributed by atoms with Crippen molar-refractivity contribution in [1.82, 2.24) is 14.7 Å². The number of nitrogens with zero attached hydrogens (tertiary/aromatic N) is 3. The van der Waals surface area contributed by atoms with Crippen molar-refractivity contribution in [2.45, 2.75) is 51.9 Å². The first-order valence-corrected chi connectivity index (χ1v) is 7.93. The van der Waals surface area contributed by atoms with Crippen LogP contribution in [0.1, 0.15) is 55.5 Å². The Bertz CT molecular complexity index is 594. The average molecular weight is 307 g/mol. The molecule has 0 N–H and O–H groups in total. The Morgan fingerprint density at radius 3 is 2.77 bits per heavy atom. The van der Waals surface area contributed by atoms with Gasteiger partial charge in [-0.15, -0.1) is 0 Å². The zero-order chi connectivity index (χ0) is 16.1. The third-order valence-corrected chi connectivity index (χ3v) is 4.40. The Morgan fingerprint density at radius 2 is 2.09 bits per heavy atom. The number of rotatable bonds is 1. The lowest BCUT2D eigenvalue weighted by Crippen LogP contribution is -2.51. The maximum atomic E-state index is 13.0. The van der Waals surface area contributed by atoms with Gasteiger partial charge in [0.1, 0.15) is 5.69 Å². The molecular weight excluding hydrogens is 282 g/mol. The third-order valence-electron chi connectivity index (χ3n) is 4.40. The van der Waals surface area contributed by atoms with Crippen molar-refractivity contribution in [2.75, 3.05) is 19.7 Å². The van der Waals surface area contributed by atoms with Gasteiger partial charge in [-0.2, -0.15) is 5.10 Å². The summed E-state index contributed by atoms with van der Waals surface area (Å²) >= 11 is 0. The molecule has 0 saturated carbocycles. The topological polar surface area (TPSA) is 56.6 Å². The van der Waals surface area contributed by atoms with Gasteiger partial charge < -0.3 is 14.4 Å². The lowest BCUT2D eigenvalue weighted by Gasteiger charge is -2.38. The van der Waals surface area contributed by atoms with E-state index in [9.17, 15) is 4.79 Å². The van der Waals surface area contributed by atoms with Crippen molar-refractivity contribution in [3.8, 4) is 0 Å². The van der Waals surface area contributed by atoms with Gasteiger partial charge in [-0.25, -0.2) is 0 Å². The van der Waals surface area contributed by atoms with E-state index in [4.69, 9.17) is 9.47 Å². The van der Waals surface area contributed by atoms with Gasteiger partial charge in [-0.1, -0.05) is 0 Å². The lowest BCUT2D eigenvalue weighted by molar-refractivity contribution is -0.0766. The van der Waals surface area contributed by atoms with Crippen LogP contribution in [0, 0.1) is 0 Å². The number of ether oxygens (including phenoxy) is 2. The summed E-state index contributed by atoms with van der Waals surface area (Å²) in [6, 6.07) is 0. The van der Waals surface area contributed by atoms with Crippen LogP contribution in [0.15, 0.2) is 0 Å². The van der Waals surface area contributed by atoms with E-state index in [1.165, 1.54) is 0 Å². The molecule has 6 nitrogen and oxygen atoms in total. The molecule has 1 saturated heterocycles. The highest BCUT2D eigenvalue weighted by atomic mass is 16.5. The Labute approximate surface area is 131 Å². The minimum Gasteiger partial charge on any atom is -0.372 e. The highest BCUT2D eigenvalue weighted by molar-refractivity contribution is 5.94. The van der Waals surface area contributed by atoms with Gasteiger partial charge in [0.2, 0.25) is 0 Å². The van der Waals surface area contributed by atoms with Crippen molar-refractivity contribution in [3.63, 3.8) is 0 Å². The molecule has 122 valence electrons. The molecule has 1 aromatic heterocycles. The van der Waals surface area contributed by atoms with E-state index in [0.29, 0.717) is 25.4 Å². The van der Waals surface area contributed by atoms with Crippen molar-refractivity contribution >= 4 is 5.91 Å². The van der Waals surface area contributed by atoms with Gasteiger partial charge in [-0.05, 0) is 27.7 Å². The molecule has 1 amide bonds. The molecule has 6 heteroatoms. The maximum Gasteiger partial charge on any atom is 0.272 e. The predicted molar refractivity (Wildman–Crippen MR) is 81.8 cm³/mol. The molecule has 0 aromatic carbocycles. The zero-order valence-electron chi connectivity index (χ0n) is 14.0. The standard InChI is InChI=1S/C16H25N3O3/c1-10-8-12-13(11(2)22-10)17-18(5)14(12)15(20)19-6-7-21-16(3,4)9-19/h10-11H,6-9H2,1-5H3/t10-,11+/m1/s1. The number of hydrogen-bond donors (Lipinski definition) is 0. The Balaban J connectivity index is 1.93. The minimum absolute atomic E-state index is 0.0499. The van der Waals surface area contributed by atoms with Crippen LogP contribution in [0.3, 0.4) is 0 Å². The number of fused-ring (bicyclic) bond motifs is 1. The number of carbonyl (C=O) groups excluding carboxylic acids is 1. The fourth-order valence-electron chi connectivity index (χ4n) is 3.47. The first kappa shape index (κ1) is 15.5. The zero-order valence-corrected chi connectivity index (χ0v) is 14.0. The van der Waals surface area contributed by atoms with Crippen LogP contribution >= 0.6 is 0 Å². The summed E-state index contributed by atoms with van der Waals surface area (Å²) in [5.41, 5.74) is 2.35. The second kappa shape index (κ2) is 5.35. The summed E-state index contributed by atoms with van der Waals surface area (Å²) in [5, 5.41) is 4.53. The van der Waals surface area contributed by atoms with Crippen LogP contribution in [-0.4, -0.2) is 52.0 Å². The molecule has 0 aliphatic carbocycles. The summed E-state index contributed by atoms with van der Waals surface area (Å²) in [6.45, 7) is 9.88. The summed E-state index contributed by atoms with van der Waals surface area (Å²) in [7, 11) is 1.84. The van der Waals surface area contributed by atoms with Crippen molar-refractivity contribution in [3.05, 3.63) is 17.0 Å². The molecule has 2 atom stereocenters. The molecule has 0 radical (unpaired) electrons. The maximum absolute atomic E-state index is 13.0. The summed E-state index contributed by atoms with van der Waals surface area (Å²) < 4.78 is 13.2. The molecule has 3 heterocycles. The molecule has 0 bridgehead atoms. The highest BCUT2D eigenvalue weighted by Crippen LogP contribution is 2.32. The van der Waals surface area contributed by atoms with Crippen molar-refractivity contribution in [1.29, 1.82) is 0 Å². The second-order valence-corrected chi connectivity index (χ2v) is 6.96. The first-order chi connectivity index (χ1) is 10.3. The van der Waals surface area contributed by atoms with Gasteiger partial charge >= 0.3 is 0 Å². The normalized spacial score (nSPS) is 27.6. The monoisotopic (exact) mass is 307 g/mol. The first-order valence-electron chi connectivity index (χ1n) is 7.93. The molecule has 0 spiro atoms. The molecule has 0 unspecified atom stereocenters. The summed E-state index contributed by atoms with van der Waals surface area (Å²) in [5.74, 6) is 0.0499. The SMILES string of the molecule is C[C@@H]1Cc2c(nn(C)c2C(=O)N2CCOC(C)(C)C2)[C@H](C)O1. The largest absolute Gasteiger partial charge is 0.372 e. The summed E-state index contributed by atoms with van der Waals surface area (Å²) in [6.07, 6.45) is 0.787. The number of aromatic nitrogens is 2. The van der Waals surface area contributed by atoms with Crippen molar-refractivity contribution < 1.29 is 14.3 Å². The summed E-state index contributed by atoms with van der Waals surface area (Å²) in [4.78, 5) is 14.9. The van der Waals surface area contributed by atoms with Crippen LogP contribution in [0.4, 0.5) is 0 Å². The Morgan fingerprint density at radius 1 is 1.36 bits per heavy atom.